The van der Waals surface area contributed by atoms with E-state index in [4.69, 9.17) is 9.63 Å². The molecule has 0 unspecified atom stereocenters. The number of urea groups is 1. The first-order chi connectivity index (χ1) is 11.0. The molecule has 0 aliphatic rings. The van der Waals surface area contributed by atoms with E-state index in [0.717, 1.165) is 5.56 Å². The van der Waals surface area contributed by atoms with Crippen LogP contribution in [-0.4, -0.2) is 50.2 Å². The first-order valence-electron chi connectivity index (χ1n) is 6.92. The van der Waals surface area contributed by atoms with Crippen molar-refractivity contribution in [3.05, 3.63) is 30.4 Å². The number of nitrogens with zero attached hydrogens (tertiary/aromatic N) is 4. The summed E-state index contributed by atoms with van der Waals surface area (Å²) in [6.45, 7) is 1.73. The van der Waals surface area contributed by atoms with Crippen LogP contribution >= 0.6 is 0 Å². The summed E-state index contributed by atoms with van der Waals surface area (Å²) in [7, 11) is 1.55. The molecule has 0 aliphatic heterocycles. The number of carboxylic acid groups (broad SMARTS) is 1. The second kappa shape index (κ2) is 7.34. The molecular formula is C14H17N5O4. The number of nitrogens with one attached hydrogen (secondary N) is 1. The van der Waals surface area contributed by atoms with Gasteiger partial charge in [0.25, 0.3) is 0 Å². The lowest BCUT2D eigenvalue weighted by molar-refractivity contribution is -0.137. The molecule has 1 atom stereocenters. The standard InChI is InChI=1S/C14H17N5O4/c1-9(7-12(20)21)16-14(22)19(2)8-11-17-13(18-23-11)10-3-5-15-6-4-10/h3-6,9H,7-8H2,1-2H3,(H,16,22)(H,20,21)/t9-/m1/s1. The van der Waals surface area contributed by atoms with Crippen LogP contribution in [0, 0.1) is 0 Å². The fourth-order valence-corrected chi connectivity index (χ4v) is 1.85. The van der Waals surface area contributed by atoms with Crippen molar-refractivity contribution in [2.45, 2.75) is 25.9 Å². The van der Waals surface area contributed by atoms with Gasteiger partial charge < -0.3 is 19.8 Å². The third-order valence-electron chi connectivity index (χ3n) is 2.98. The average Bonchev–Trinajstić information content (AvgIpc) is 2.95. The molecule has 122 valence electrons. The van der Waals surface area contributed by atoms with Crippen LogP contribution in [-0.2, 0) is 11.3 Å². The van der Waals surface area contributed by atoms with E-state index in [-0.39, 0.29) is 18.9 Å². The minimum absolute atomic E-state index is 0.115. The summed E-state index contributed by atoms with van der Waals surface area (Å²) in [6.07, 6.45) is 3.09. The predicted molar refractivity (Wildman–Crippen MR) is 79.2 cm³/mol. The maximum atomic E-state index is 11.9. The fraction of sp³-hybridized carbons (Fsp3) is 0.357. The zero-order valence-corrected chi connectivity index (χ0v) is 12.8. The molecule has 0 aromatic carbocycles. The van der Waals surface area contributed by atoms with E-state index in [1.165, 1.54) is 4.90 Å². The summed E-state index contributed by atoms with van der Waals surface area (Å²) in [4.78, 5) is 32.0. The Labute approximate surface area is 132 Å². The zero-order chi connectivity index (χ0) is 16.8. The van der Waals surface area contributed by atoms with E-state index < -0.39 is 18.0 Å². The number of aromatic nitrogens is 3. The fourth-order valence-electron chi connectivity index (χ4n) is 1.85. The lowest BCUT2D eigenvalue weighted by Gasteiger charge is -2.18. The quantitative estimate of drug-likeness (QED) is 0.818. The van der Waals surface area contributed by atoms with Gasteiger partial charge in [0, 0.05) is 31.0 Å². The Morgan fingerprint density at radius 3 is 2.74 bits per heavy atom. The van der Waals surface area contributed by atoms with Gasteiger partial charge in [-0.15, -0.1) is 0 Å². The van der Waals surface area contributed by atoms with E-state index in [2.05, 4.69) is 20.4 Å². The Kier molecular flexibility index (Phi) is 5.23. The Morgan fingerprint density at radius 2 is 2.09 bits per heavy atom. The van der Waals surface area contributed by atoms with E-state index in [0.29, 0.717) is 5.82 Å². The van der Waals surface area contributed by atoms with E-state index in [1.54, 1.807) is 38.5 Å². The zero-order valence-electron chi connectivity index (χ0n) is 12.8. The smallest absolute Gasteiger partial charge is 0.317 e. The number of aliphatic carboxylic acids is 1. The summed E-state index contributed by atoms with van der Waals surface area (Å²) in [5.74, 6) is -0.282. The molecule has 0 saturated carbocycles. The molecule has 23 heavy (non-hydrogen) atoms. The van der Waals surface area contributed by atoms with Crippen LogP contribution in [0.1, 0.15) is 19.2 Å². The second-order valence-corrected chi connectivity index (χ2v) is 5.05. The molecule has 2 rings (SSSR count). The van der Waals surface area contributed by atoms with Crippen LogP contribution in [0.4, 0.5) is 4.79 Å². The number of carbonyl (C=O) groups is 2. The van der Waals surface area contributed by atoms with Crippen molar-refractivity contribution < 1.29 is 19.2 Å². The van der Waals surface area contributed by atoms with Crippen LogP contribution in [0.5, 0.6) is 0 Å². The summed E-state index contributed by atoms with van der Waals surface area (Å²) < 4.78 is 5.11. The minimum Gasteiger partial charge on any atom is -0.481 e. The number of amides is 2. The largest absolute Gasteiger partial charge is 0.481 e. The van der Waals surface area contributed by atoms with Gasteiger partial charge >= 0.3 is 12.0 Å². The van der Waals surface area contributed by atoms with Crippen LogP contribution in [0.15, 0.2) is 29.0 Å². The number of carbonyl (C=O) groups excluding carboxylic acids is 1. The molecule has 2 aromatic rings. The SMILES string of the molecule is C[C@H](CC(=O)O)NC(=O)N(C)Cc1nc(-c2ccncc2)no1. The third kappa shape index (κ3) is 4.77. The van der Waals surface area contributed by atoms with Gasteiger partial charge in [-0.3, -0.25) is 9.78 Å². The van der Waals surface area contributed by atoms with Gasteiger partial charge in [0.1, 0.15) is 6.54 Å². The number of carboxylic acids is 1. The maximum Gasteiger partial charge on any atom is 0.317 e. The van der Waals surface area contributed by atoms with Crippen LogP contribution in [0.3, 0.4) is 0 Å². The molecule has 0 spiro atoms. The average molecular weight is 319 g/mol. The highest BCUT2D eigenvalue weighted by Crippen LogP contribution is 2.14. The van der Waals surface area contributed by atoms with Gasteiger partial charge in [0.05, 0.1) is 6.42 Å². The van der Waals surface area contributed by atoms with Crippen molar-refractivity contribution in [1.82, 2.24) is 25.3 Å². The lowest BCUT2D eigenvalue weighted by atomic mass is 10.2. The summed E-state index contributed by atoms with van der Waals surface area (Å²) >= 11 is 0. The van der Waals surface area contributed by atoms with Crippen molar-refractivity contribution in [3.8, 4) is 11.4 Å². The second-order valence-electron chi connectivity index (χ2n) is 5.05. The topological polar surface area (TPSA) is 121 Å². The molecule has 0 fully saturated rings. The number of pyridine rings is 1. The van der Waals surface area contributed by atoms with Crippen molar-refractivity contribution in [1.29, 1.82) is 0 Å². The Bertz CT molecular complexity index is 673. The highest BCUT2D eigenvalue weighted by Gasteiger charge is 2.17. The van der Waals surface area contributed by atoms with Crippen molar-refractivity contribution in [3.63, 3.8) is 0 Å². The third-order valence-corrected chi connectivity index (χ3v) is 2.98. The van der Waals surface area contributed by atoms with Crippen molar-refractivity contribution in [2.75, 3.05) is 7.05 Å². The molecule has 2 aromatic heterocycles. The van der Waals surface area contributed by atoms with Gasteiger partial charge in [0.2, 0.25) is 11.7 Å². The molecule has 9 nitrogen and oxygen atoms in total. The molecule has 2 N–H and O–H groups in total. The number of rotatable bonds is 6. The molecule has 2 amide bonds. The summed E-state index contributed by atoms with van der Waals surface area (Å²) in [5, 5.41) is 15.1. The highest BCUT2D eigenvalue weighted by molar-refractivity contribution is 5.75. The van der Waals surface area contributed by atoms with Crippen LogP contribution in [0.25, 0.3) is 11.4 Å². The molecule has 9 heteroatoms. The first kappa shape index (κ1) is 16.4. The maximum absolute atomic E-state index is 11.9. The molecule has 0 aliphatic carbocycles. The van der Waals surface area contributed by atoms with Gasteiger partial charge in [-0.1, -0.05) is 5.16 Å². The number of hydrogen-bond acceptors (Lipinski definition) is 6. The van der Waals surface area contributed by atoms with E-state index in [9.17, 15) is 9.59 Å². The molecular weight excluding hydrogens is 302 g/mol. The summed E-state index contributed by atoms with van der Waals surface area (Å²) in [6, 6.07) is 2.61. The van der Waals surface area contributed by atoms with Crippen LogP contribution in [0.2, 0.25) is 0 Å². The van der Waals surface area contributed by atoms with Crippen molar-refractivity contribution in [2.24, 2.45) is 0 Å². The monoisotopic (exact) mass is 319 g/mol. The predicted octanol–water partition coefficient (Wildman–Crippen LogP) is 1.14. The Hall–Kier alpha value is -2.97. The van der Waals surface area contributed by atoms with Gasteiger partial charge in [-0.2, -0.15) is 4.98 Å². The summed E-state index contributed by atoms with van der Waals surface area (Å²) in [5.41, 5.74) is 0.761. The van der Waals surface area contributed by atoms with Gasteiger partial charge in [-0.25, -0.2) is 4.79 Å². The molecule has 0 radical (unpaired) electrons. The van der Waals surface area contributed by atoms with Crippen LogP contribution < -0.4 is 5.32 Å². The van der Waals surface area contributed by atoms with Crippen molar-refractivity contribution >= 4 is 12.0 Å². The number of hydrogen-bond donors (Lipinski definition) is 2. The van der Waals surface area contributed by atoms with E-state index >= 15 is 0 Å². The minimum atomic E-state index is -0.973. The molecule has 0 bridgehead atoms. The van der Waals surface area contributed by atoms with E-state index in [1.807, 2.05) is 0 Å². The first-order valence-corrected chi connectivity index (χ1v) is 6.92. The van der Waals surface area contributed by atoms with Gasteiger partial charge in [-0.05, 0) is 19.1 Å². The highest BCUT2D eigenvalue weighted by atomic mass is 16.5. The Balaban J connectivity index is 1.93. The molecule has 2 heterocycles. The van der Waals surface area contributed by atoms with Gasteiger partial charge in [0.15, 0.2) is 0 Å². The Morgan fingerprint density at radius 1 is 1.39 bits per heavy atom. The lowest BCUT2D eigenvalue weighted by Crippen LogP contribution is -2.42. The molecule has 0 saturated heterocycles. The normalized spacial score (nSPS) is 11.7.